The van der Waals surface area contributed by atoms with Gasteiger partial charge in [0, 0.05) is 42.9 Å². The first-order valence-corrected chi connectivity index (χ1v) is 14.5. The van der Waals surface area contributed by atoms with Gasteiger partial charge in [-0.05, 0) is 75.6 Å². The number of halogens is 3. The normalized spacial score (nSPS) is 21.8. The maximum absolute atomic E-state index is 13.1. The SMILES string of the molecule is Cl.Cl.N[C@H]1CC[C@H](Nc2nc(NC3CCN(OC(=O)Nc4ccc(F)cc4)CC3)c3ncn(C4CCCC4)c3n2)CC1. The Morgan fingerprint density at radius 3 is 2.26 bits per heavy atom. The van der Waals surface area contributed by atoms with Crippen LogP contribution in [0.1, 0.15) is 70.3 Å². The second kappa shape index (κ2) is 14.5. The van der Waals surface area contributed by atoms with Crippen LogP contribution in [-0.2, 0) is 4.84 Å². The molecule has 1 amide bonds. The van der Waals surface area contributed by atoms with Gasteiger partial charge in [-0.25, -0.2) is 14.2 Å². The van der Waals surface area contributed by atoms with Crippen LogP contribution in [0.2, 0.25) is 0 Å². The number of nitrogens with two attached hydrogens (primary N) is 1. The molecule has 0 bridgehead atoms. The van der Waals surface area contributed by atoms with E-state index in [2.05, 4.69) is 20.5 Å². The van der Waals surface area contributed by atoms with Gasteiger partial charge in [0.15, 0.2) is 17.0 Å². The van der Waals surface area contributed by atoms with E-state index in [1.807, 2.05) is 6.33 Å². The van der Waals surface area contributed by atoms with Crippen LogP contribution in [0, 0.1) is 5.82 Å². The molecule has 0 atom stereocenters. The molecule has 2 saturated carbocycles. The zero-order chi connectivity index (χ0) is 27.5. The first-order valence-electron chi connectivity index (χ1n) is 14.5. The largest absolute Gasteiger partial charge is 0.430 e. The number of nitrogens with zero attached hydrogens (tertiary/aromatic N) is 5. The summed E-state index contributed by atoms with van der Waals surface area (Å²) in [6, 6.07) is 6.74. The van der Waals surface area contributed by atoms with Crippen LogP contribution in [0.3, 0.4) is 0 Å². The van der Waals surface area contributed by atoms with E-state index >= 15 is 0 Å². The molecule has 1 saturated heterocycles. The molecule has 14 heteroatoms. The van der Waals surface area contributed by atoms with Gasteiger partial charge in [0.2, 0.25) is 5.95 Å². The number of hydrogen-bond donors (Lipinski definition) is 4. The molecule has 42 heavy (non-hydrogen) atoms. The van der Waals surface area contributed by atoms with Gasteiger partial charge in [0.1, 0.15) is 5.82 Å². The van der Waals surface area contributed by atoms with E-state index in [0.29, 0.717) is 36.8 Å². The van der Waals surface area contributed by atoms with Crippen molar-refractivity contribution in [2.75, 3.05) is 29.0 Å². The highest BCUT2D eigenvalue weighted by atomic mass is 35.5. The molecular formula is C28H40Cl2FN9O2. The number of carbonyl (C=O) groups is 1. The molecule has 5 N–H and O–H groups in total. The van der Waals surface area contributed by atoms with Crippen LogP contribution >= 0.6 is 24.8 Å². The van der Waals surface area contributed by atoms with Crippen LogP contribution < -0.4 is 21.7 Å². The molecule has 3 fully saturated rings. The Labute approximate surface area is 257 Å². The molecule has 6 rings (SSSR count). The molecule has 0 unspecified atom stereocenters. The standard InChI is InChI=1S/C28H38FN9O2.2ClH/c29-18-5-9-21(10-6-18)34-28(39)40-37-15-13-22(14-16-37)32-25-24-26(38(17-31-24)23-3-1-2-4-23)36-27(35-25)33-20-11-7-19(30)8-12-20;;/h5-6,9-10,17,19-20,22-23H,1-4,7-8,11-16,30H2,(H,34,39)(H2,32,33,35,36);2*1H/t19-,20-;;. The fraction of sp³-hybridized carbons (Fsp3) is 0.571. The summed E-state index contributed by atoms with van der Waals surface area (Å²) in [5, 5.41) is 11.5. The van der Waals surface area contributed by atoms with Crippen LogP contribution in [-0.4, -0.2) is 61.9 Å². The average molecular weight is 625 g/mol. The van der Waals surface area contributed by atoms with Crippen molar-refractivity contribution in [1.82, 2.24) is 24.6 Å². The summed E-state index contributed by atoms with van der Waals surface area (Å²) in [4.78, 5) is 32.3. The third-order valence-corrected chi connectivity index (χ3v) is 8.34. The number of aromatic nitrogens is 4. The topological polar surface area (TPSA) is 135 Å². The van der Waals surface area contributed by atoms with E-state index in [-0.39, 0.29) is 42.7 Å². The molecule has 230 valence electrons. The number of fused-ring (bicyclic) bond motifs is 1. The monoisotopic (exact) mass is 623 g/mol. The maximum atomic E-state index is 13.1. The molecule has 1 aliphatic heterocycles. The lowest BCUT2D eigenvalue weighted by atomic mass is 9.92. The minimum Gasteiger partial charge on any atom is -0.365 e. The molecule has 0 radical (unpaired) electrons. The number of anilines is 3. The van der Waals surface area contributed by atoms with Crippen molar-refractivity contribution in [3.05, 3.63) is 36.4 Å². The van der Waals surface area contributed by atoms with Gasteiger partial charge in [0.25, 0.3) is 0 Å². The second-order valence-corrected chi connectivity index (χ2v) is 11.3. The van der Waals surface area contributed by atoms with Crippen molar-refractivity contribution in [2.45, 2.75) is 88.4 Å². The fourth-order valence-corrected chi connectivity index (χ4v) is 6.05. The number of piperidine rings is 1. The summed E-state index contributed by atoms with van der Waals surface area (Å²) >= 11 is 0. The summed E-state index contributed by atoms with van der Waals surface area (Å²) in [6.07, 6.45) is 11.7. The van der Waals surface area contributed by atoms with E-state index in [1.54, 1.807) is 5.06 Å². The highest BCUT2D eigenvalue weighted by molar-refractivity contribution is 5.86. The van der Waals surface area contributed by atoms with Crippen LogP contribution in [0.15, 0.2) is 30.6 Å². The Morgan fingerprint density at radius 1 is 0.905 bits per heavy atom. The molecule has 2 aromatic heterocycles. The Bertz CT molecular complexity index is 1310. The Kier molecular flexibility index (Phi) is 11.0. The first-order chi connectivity index (χ1) is 19.5. The summed E-state index contributed by atoms with van der Waals surface area (Å²) < 4.78 is 15.3. The number of carbonyl (C=O) groups excluding carboxylic acids is 1. The molecule has 3 aliphatic rings. The Hall–Kier alpha value is -2.93. The van der Waals surface area contributed by atoms with Gasteiger partial charge < -0.3 is 25.8 Å². The lowest BCUT2D eigenvalue weighted by Gasteiger charge is -2.31. The van der Waals surface area contributed by atoms with Crippen LogP contribution in [0.4, 0.5) is 26.6 Å². The van der Waals surface area contributed by atoms with Crippen molar-refractivity contribution < 1.29 is 14.0 Å². The first kappa shape index (κ1) is 32.0. The number of amides is 1. The van der Waals surface area contributed by atoms with Crippen molar-refractivity contribution in [1.29, 1.82) is 0 Å². The van der Waals surface area contributed by atoms with Gasteiger partial charge in [-0.3, -0.25) is 5.32 Å². The third-order valence-electron chi connectivity index (χ3n) is 8.34. The average Bonchev–Trinajstić information content (AvgIpc) is 3.63. The maximum Gasteiger partial charge on any atom is 0.430 e. The zero-order valence-corrected chi connectivity index (χ0v) is 25.1. The highest BCUT2D eigenvalue weighted by Crippen LogP contribution is 2.34. The predicted molar refractivity (Wildman–Crippen MR) is 166 cm³/mol. The van der Waals surface area contributed by atoms with E-state index in [1.165, 1.54) is 37.1 Å². The molecular weight excluding hydrogens is 584 g/mol. The van der Waals surface area contributed by atoms with Crippen molar-refractivity contribution in [2.24, 2.45) is 5.73 Å². The summed E-state index contributed by atoms with van der Waals surface area (Å²) in [5.41, 5.74) is 8.26. The summed E-state index contributed by atoms with van der Waals surface area (Å²) in [7, 11) is 0. The Morgan fingerprint density at radius 2 is 1.57 bits per heavy atom. The van der Waals surface area contributed by atoms with E-state index in [4.69, 9.17) is 25.5 Å². The summed E-state index contributed by atoms with van der Waals surface area (Å²) in [6.45, 7) is 1.15. The minimum absolute atomic E-state index is 0. The number of hydroxylamine groups is 2. The van der Waals surface area contributed by atoms with Crippen LogP contribution in [0.25, 0.3) is 11.2 Å². The molecule has 11 nitrogen and oxygen atoms in total. The van der Waals surface area contributed by atoms with Crippen molar-refractivity contribution in [3.63, 3.8) is 0 Å². The fourth-order valence-electron chi connectivity index (χ4n) is 6.05. The van der Waals surface area contributed by atoms with Gasteiger partial charge in [-0.15, -0.1) is 29.9 Å². The molecule has 0 spiro atoms. The number of hydrogen-bond acceptors (Lipinski definition) is 9. The lowest BCUT2D eigenvalue weighted by Crippen LogP contribution is -2.41. The highest BCUT2D eigenvalue weighted by Gasteiger charge is 2.27. The van der Waals surface area contributed by atoms with Gasteiger partial charge in [-0.1, -0.05) is 12.8 Å². The van der Waals surface area contributed by atoms with Crippen LogP contribution in [0.5, 0.6) is 0 Å². The molecule has 3 aromatic rings. The predicted octanol–water partition coefficient (Wildman–Crippen LogP) is 5.65. The summed E-state index contributed by atoms with van der Waals surface area (Å²) in [5.74, 6) is 1.01. The smallest absolute Gasteiger partial charge is 0.365 e. The number of benzene rings is 1. The van der Waals surface area contributed by atoms with Gasteiger partial charge in [0.05, 0.1) is 6.33 Å². The van der Waals surface area contributed by atoms with E-state index in [0.717, 1.165) is 68.3 Å². The van der Waals surface area contributed by atoms with Gasteiger partial charge >= 0.3 is 6.09 Å². The quantitative estimate of drug-likeness (QED) is 0.263. The minimum atomic E-state index is -0.590. The van der Waals surface area contributed by atoms with Gasteiger partial charge in [-0.2, -0.15) is 9.97 Å². The Balaban J connectivity index is 0.00000202. The molecule has 1 aromatic carbocycles. The third kappa shape index (κ3) is 7.71. The molecule has 2 aliphatic carbocycles. The van der Waals surface area contributed by atoms with E-state index < -0.39 is 6.09 Å². The number of nitrogens with one attached hydrogen (secondary N) is 3. The number of imidazole rings is 1. The lowest BCUT2D eigenvalue weighted by molar-refractivity contribution is -0.106. The molecule has 3 heterocycles. The number of rotatable bonds is 7. The second-order valence-electron chi connectivity index (χ2n) is 11.3. The van der Waals surface area contributed by atoms with Crippen molar-refractivity contribution >= 4 is 59.5 Å². The zero-order valence-electron chi connectivity index (χ0n) is 23.5. The van der Waals surface area contributed by atoms with Crippen molar-refractivity contribution in [3.8, 4) is 0 Å². The van der Waals surface area contributed by atoms with E-state index in [9.17, 15) is 9.18 Å².